The van der Waals surface area contributed by atoms with Crippen LogP contribution in [0.3, 0.4) is 0 Å². The SMILES string of the molecule is COC(=O)c1scc(C)c1-c1ccc(OC2CC2)cc1. The van der Waals surface area contributed by atoms with Gasteiger partial charge in [0.15, 0.2) is 0 Å². The normalized spacial score (nSPS) is 14.1. The molecule has 1 heterocycles. The minimum absolute atomic E-state index is 0.281. The average Bonchev–Trinajstić information content (AvgIpc) is 3.19. The van der Waals surface area contributed by atoms with Crippen molar-refractivity contribution in [3.63, 3.8) is 0 Å². The third-order valence-corrected chi connectivity index (χ3v) is 4.39. The number of ether oxygens (including phenoxy) is 2. The predicted octanol–water partition coefficient (Wildman–Crippen LogP) is 4.05. The smallest absolute Gasteiger partial charge is 0.348 e. The van der Waals surface area contributed by atoms with E-state index in [-0.39, 0.29) is 5.97 Å². The zero-order valence-corrected chi connectivity index (χ0v) is 12.3. The van der Waals surface area contributed by atoms with Crippen LogP contribution in [0.25, 0.3) is 11.1 Å². The summed E-state index contributed by atoms with van der Waals surface area (Å²) in [5.41, 5.74) is 3.07. The van der Waals surface area contributed by atoms with Crippen LogP contribution in [-0.2, 0) is 4.74 Å². The second kappa shape index (κ2) is 5.29. The quantitative estimate of drug-likeness (QED) is 0.796. The molecule has 0 saturated heterocycles. The van der Waals surface area contributed by atoms with E-state index in [1.165, 1.54) is 18.4 Å². The van der Waals surface area contributed by atoms with Crippen LogP contribution in [0.15, 0.2) is 29.6 Å². The van der Waals surface area contributed by atoms with Crippen molar-refractivity contribution in [2.24, 2.45) is 0 Å². The van der Waals surface area contributed by atoms with Gasteiger partial charge in [-0.3, -0.25) is 0 Å². The molecule has 0 atom stereocenters. The Kier molecular flexibility index (Phi) is 3.49. The number of esters is 1. The summed E-state index contributed by atoms with van der Waals surface area (Å²) < 4.78 is 10.6. The summed E-state index contributed by atoms with van der Waals surface area (Å²) in [6.07, 6.45) is 2.70. The highest BCUT2D eigenvalue weighted by atomic mass is 32.1. The molecule has 2 aromatic rings. The van der Waals surface area contributed by atoms with Gasteiger partial charge in [0.2, 0.25) is 0 Å². The number of thiophene rings is 1. The number of benzene rings is 1. The van der Waals surface area contributed by atoms with Gasteiger partial charge in [-0.05, 0) is 48.4 Å². The van der Waals surface area contributed by atoms with Crippen LogP contribution in [0.5, 0.6) is 5.75 Å². The number of hydrogen-bond donors (Lipinski definition) is 0. The van der Waals surface area contributed by atoms with Crippen LogP contribution in [0, 0.1) is 6.92 Å². The van der Waals surface area contributed by atoms with E-state index in [0.29, 0.717) is 11.0 Å². The molecule has 1 aromatic carbocycles. The molecule has 1 aliphatic rings. The number of carbonyl (C=O) groups excluding carboxylic acids is 1. The van der Waals surface area contributed by atoms with Gasteiger partial charge in [0.25, 0.3) is 0 Å². The highest BCUT2D eigenvalue weighted by molar-refractivity contribution is 7.12. The van der Waals surface area contributed by atoms with Crippen molar-refractivity contribution in [3.05, 3.63) is 40.1 Å². The summed E-state index contributed by atoms with van der Waals surface area (Å²) in [6.45, 7) is 2.01. The van der Waals surface area contributed by atoms with E-state index < -0.39 is 0 Å². The van der Waals surface area contributed by atoms with Crippen molar-refractivity contribution in [2.45, 2.75) is 25.9 Å². The fraction of sp³-hybridized carbons (Fsp3) is 0.312. The first-order valence-corrected chi connectivity index (χ1v) is 7.50. The standard InChI is InChI=1S/C16H16O3S/c1-10-9-20-15(16(17)18-2)14(10)11-3-5-12(6-4-11)19-13-7-8-13/h3-6,9,13H,7-8H2,1-2H3. The summed E-state index contributed by atoms with van der Waals surface area (Å²) in [4.78, 5) is 12.5. The molecule has 0 amide bonds. The summed E-state index contributed by atoms with van der Waals surface area (Å²) in [5.74, 6) is 0.611. The maximum atomic E-state index is 11.8. The molecular formula is C16H16O3S. The Bertz CT molecular complexity index is 624. The van der Waals surface area contributed by atoms with Gasteiger partial charge in [0.05, 0.1) is 13.2 Å². The Morgan fingerprint density at radius 2 is 1.95 bits per heavy atom. The maximum Gasteiger partial charge on any atom is 0.348 e. The summed E-state index contributed by atoms with van der Waals surface area (Å²) in [7, 11) is 1.41. The van der Waals surface area contributed by atoms with E-state index in [9.17, 15) is 4.79 Å². The third-order valence-electron chi connectivity index (χ3n) is 3.32. The largest absolute Gasteiger partial charge is 0.490 e. The van der Waals surface area contributed by atoms with Crippen molar-refractivity contribution in [1.29, 1.82) is 0 Å². The fourth-order valence-corrected chi connectivity index (χ4v) is 3.11. The van der Waals surface area contributed by atoms with Crippen LogP contribution in [0.4, 0.5) is 0 Å². The van der Waals surface area contributed by atoms with Crippen molar-refractivity contribution in [3.8, 4) is 16.9 Å². The van der Waals surface area contributed by atoms with Gasteiger partial charge in [-0.25, -0.2) is 4.79 Å². The van der Waals surface area contributed by atoms with E-state index in [0.717, 1.165) is 35.3 Å². The second-order valence-corrected chi connectivity index (χ2v) is 5.84. The first-order chi connectivity index (χ1) is 9.69. The summed E-state index contributed by atoms with van der Waals surface area (Å²) >= 11 is 1.42. The summed E-state index contributed by atoms with van der Waals surface area (Å²) in [6, 6.07) is 7.93. The molecule has 1 aromatic heterocycles. The van der Waals surface area contributed by atoms with Crippen LogP contribution in [0.1, 0.15) is 28.1 Å². The first-order valence-electron chi connectivity index (χ1n) is 6.62. The Morgan fingerprint density at radius 3 is 2.55 bits per heavy atom. The molecule has 1 aliphatic carbocycles. The van der Waals surface area contributed by atoms with Crippen LogP contribution >= 0.6 is 11.3 Å². The lowest BCUT2D eigenvalue weighted by Gasteiger charge is -2.07. The Morgan fingerprint density at radius 1 is 1.25 bits per heavy atom. The highest BCUT2D eigenvalue weighted by Gasteiger charge is 2.23. The van der Waals surface area contributed by atoms with E-state index in [1.54, 1.807) is 0 Å². The molecule has 3 nitrogen and oxygen atoms in total. The van der Waals surface area contributed by atoms with Crippen molar-refractivity contribution >= 4 is 17.3 Å². The minimum atomic E-state index is -0.281. The first kappa shape index (κ1) is 13.2. The van der Waals surface area contributed by atoms with Gasteiger partial charge in [-0.1, -0.05) is 12.1 Å². The van der Waals surface area contributed by atoms with Gasteiger partial charge < -0.3 is 9.47 Å². The molecule has 0 N–H and O–H groups in total. The molecule has 0 spiro atoms. The number of methoxy groups -OCH3 is 1. The zero-order chi connectivity index (χ0) is 14.1. The molecule has 0 unspecified atom stereocenters. The van der Waals surface area contributed by atoms with Gasteiger partial charge >= 0.3 is 5.97 Å². The van der Waals surface area contributed by atoms with Crippen LogP contribution in [-0.4, -0.2) is 19.2 Å². The van der Waals surface area contributed by atoms with Crippen LogP contribution in [0.2, 0.25) is 0 Å². The van der Waals surface area contributed by atoms with E-state index in [2.05, 4.69) is 0 Å². The van der Waals surface area contributed by atoms with Gasteiger partial charge in [0.1, 0.15) is 10.6 Å². The third kappa shape index (κ3) is 2.56. The monoisotopic (exact) mass is 288 g/mol. The fourth-order valence-electron chi connectivity index (χ4n) is 2.12. The van der Waals surface area contributed by atoms with E-state index >= 15 is 0 Å². The van der Waals surface area contributed by atoms with Gasteiger partial charge in [-0.15, -0.1) is 11.3 Å². The number of aryl methyl sites for hydroxylation is 1. The van der Waals surface area contributed by atoms with Crippen molar-refractivity contribution in [2.75, 3.05) is 7.11 Å². The molecule has 20 heavy (non-hydrogen) atoms. The molecule has 0 aliphatic heterocycles. The van der Waals surface area contributed by atoms with Gasteiger partial charge in [0, 0.05) is 5.56 Å². The van der Waals surface area contributed by atoms with E-state index in [4.69, 9.17) is 9.47 Å². The van der Waals surface area contributed by atoms with Crippen LogP contribution < -0.4 is 4.74 Å². The lowest BCUT2D eigenvalue weighted by molar-refractivity contribution is 0.0607. The Balaban J connectivity index is 1.91. The lowest BCUT2D eigenvalue weighted by Crippen LogP contribution is -2.00. The molecule has 4 heteroatoms. The summed E-state index contributed by atoms with van der Waals surface area (Å²) in [5, 5.41) is 1.98. The molecule has 104 valence electrons. The lowest BCUT2D eigenvalue weighted by atomic mass is 10.0. The zero-order valence-electron chi connectivity index (χ0n) is 11.5. The van der Waals surface area contributed by atoms with Gasteiger partial charge in [-0.2, -0.15) is 0 Å². The number of rotatable bonds is 4. The number of hydrogen-bond acceptors (Lipinski definition) is 4. The molecular weight excluding hydrogens is 272 g/mol. The topological polar surface area (TPSA) is 35.5 Å². The Hall–Kier alpha value is -1.81. The number of carbonyl (C=O) groups is 1. The van der Waals surface area contributed by atoms with Crippen molar-refractivity contribution in [1.82, 2.24) is 0 Å². The molecule has 1 fully saturated rings. The molecule has 0 radical (unpaired) electrons. The highest BCUT2D eigenvalue weighted by Crippen LogP contribution is 2.34. The maximum absolute atomic E-state index is 11.8. The Labute approximate surface area is 122 Å². The predicted molar refractivity (Wildman–Crippen MR) is 79.5 cm³/mol. The molecule has 1 saturated carbocycles. The molecule has 3 rings (SSSR count). The van der Waals surface area contributed by atoms with Crippen molar-refractivity contribution < 1.29 is 14.3 Å². The average molecular weight is 288 g/mol. The minimum Gasteiger partial charge on any atom is -0.490 e. The second-order valence-electron chi connectivity index (χ2n) is 4.96. The molecule has 0 bridgehead atoms. The van der Waals surface area contributed by atoms with E-state index in [1.807, 2.05) is 36.6 Å².